The molecule has 28 heavy (non-hydrogen) atoms. The maximum Gasteiger partial charge on any atom is 0.242 e. The first-order chi connectivity index (χ1) is 12.8. The van der Waals surface area contributed by atoms with Gasteiger partial charge >= 0.3 is 0 Å². The molecule has 0 N–H and O–H groups in total. The third-order valence-electron chi connectivity index (χ3n) is 4.63. The van der Waals surface area contributed by atoms with Crippen LogP contribution in [0.5, 0.6) is 5.75 Å². The Morgan fingerprint density at radius 3 is 1.96 bits per heavy atom. The average molecular weight is 396 g/mol. The molecule has 2 aromatic carbocycles. The molecule has 0 fully saturated rings. The molecule has 0 saturated carbocycles. The van der Waals surface area contributed by atoms with Gasteiger partial charge in [0.25, 0.3) is 0 Å². The van der Waals surface area contributed by atoms with Crippen molar-refractivity contribution in [2.75, 3.05) is 0 Å². The van der Waals surface area contributed by atoms with E-state index in [1.807, 2.05) is 24.3 Å². The molecule has 0 aliphatic heterocycles. The first kappa shape index (κ1) is 20.6. The van der Waals surface area contributed by atoms with Crippen LogP contribution in [-0.4, -0.2) is 23.3 Å². The SMILES string of the molecule is CC(C)(C)CC(C)(C)c1ccc(O[Si](C)(C)C)c(-n2nc3ccccc3n2)c1. The summed E-state index contributed by atoms with van der Waals surface area (Å²) >= 11 is 0. The van der Waals surface area contributed by atoms with Crippen molar-refractivity contribution in [3.8, 4) is 11.4 Å². The smallest absolute Gasteiger partial charge is 0.242 e. The van der Waals surface area contributed by atoms with Gasteiger partial charge in [-0.2, -0.15) is 0 Å². The van der Waals surface area contributed by atoms with Gasteiger partial charge in [0.2, 0.25) is 8.32 Å². The fourth-order valence-corrected chi connectivity index (χ4v) is 4.74. The zero-order chi connectivity index (χ0) is 20.7. The van der Waals surface area contributed by atoms with Gasteiger partial charge in [0.1, 0.15) is 22.5 Å². The normalized spacial score (nSPS) is 13.1. The molecule has 1 aromatic heterocycles. The summed E-state index contributed by atoms with van der Waals surface area (Å²) in [5.41, 5.74) is 4.26. The Morgan fingerprint density at radius 1 is 0.893 bits per heavy atom. The van der Waals surface area contributed by atoms with Crippen LogP contribution in [-0.2, 0) is 5.41 Å². The second-order valence-electron chi connectivity index (χ2n) is 10.5. The summed E-state index contributed by atoms with van der Waals surface area (Å²) in [5.74, 6) is 0.856. The zero-order valence-corrected chi connectivity index (χ0v) is 19.5. The van der Waals surface area contributed by atoms with Gasteiger partial charge in [0.15, 0.2) is 0 Å². The Morgan fingerprint density at radius 2 is 1.46 bits per heavy atom. The highest BCUT2D eigenvalue weighted by atomic mass is 28.4. The minimum absolute atomic E-state index is 0.0390. The summed E-state index contributed by atoms with van der Waals surface area (Å²) in [6, 6.07) is 14.5. The van der Waals surface area contributed by atoms with Crippen molar-refractivity contribution in [1.82, 2.24) is 15.0 Å². The molecule has 3 rings (SSSR count). The van der Waals surface area contributed by atoms with Crippen LogP contribution in [0.25, 0.3) is 16.7 Å². The minimum Gasteiger partial charge on any atom is -0.543 e. The molecule has 0 radical (unpaired) electrons. The Labute approximate surface area is 170 Å². The van der Waals surface area contributed by atoms with Gasteiger partial charge in [0, 0.05) is 0 Å². The summed E-state index contributed by atoms with van der Waals surface area (Å²) < 4.78 is 6.39. The van der Waals surface area contributed by atoms with Crippen LogP contribution in [0, 0.1) is 5.41 Å². The number of fused-ring (bicyclic) bond motifs is 1. The van der Waals surface area contributed by atoms with Crippen molar-refractivity contribution in [3.05, 3.63) is 48.0 Å². The van der Waals surface area contributed by atoms with E-state index in [4.69, 9.17) is 14.6 Å². The van der Waals surface area contributed by atoms with Crippen molar-refractivity contribution >= 4 is 19.4 Å². The van der Waals surface area contributed by atoms with E-state index in [2.05, 4.69) is 72.5 Å². The first-order valence-corrected chi connectivity index (χ1v) is 13.4. The predicted octanol–water partition coefficient (Wildman–Crippen LogP) is 6.35. The maximum absolute atomic E-state index is 6.39. The van der Waals surface area contributed by atoms with Gasteiger partial charge in [-0.25, -0.2) is 0 Å². The van der Waals surface area contributed by atoms with E-state index in [-0.39, 0.29) is 10.8 Å². The molecule has 0 spiro atoms. The second kappa shape index (κ2) is 7.03. The Kier molecular flexibility index (Phi) is 5.17. The van der Waals surface area contributed by atoms with Crippen LogP contribution >= 0.6 is 0 Å². The lowest BCUT2D eigenvalue weighted by Gasteiger charge is -2.33. The van der Waals surface area contributed by atoms with E-state index in [0.29, 0.717) is 0 Å². The number of benzene rings is 2. The van der Waals surface area contributed by atoms with E-state index in [9.17, 15) is 0 Å². The van der Waals surface area contributed by atoms with Crippen LogP contribution in [0.1, 0.15) is 46.6 Å². The monoisotopic (exact) mass is 395 g/mol. The zero-order valence-electron chi connectivity index (χ0n) is 18.5. The van der Waals surface area contributed by atoms with Gasteiger partial charge in [0.05, 0.1) is 0 Å². The van der Waals surface area contributed by atoms with Gasteiger partial charge in [-0.1, -0.05) is 52.8 Å². The molecule has 0 aliphatic rings. The van der Waals surface area contributed by atoms with Crippen LogP contribution in [0.4, 0.5) is 0 Å². The first-order valence-electron chi connectivity index (χ1n) is 10.0. The largest absolute Gasteiger partial charge is 0.543 e. The quantitative estimate of drug-likeness (QED) is 0.473. The molecule has 0 aliphatic carbocycles. The highest BCUT2D eigenvalue weighted by Crippen LogP contribution is 2.38. The molecule has 0 unspecified atom stereocenters. The van der Waals surface area contributed by atoms with Crippen molar-refractivity contribution in [2.45, 2.75) is 66.1 Å². The molecule has 0 bridgehead atoms. The standard InChI is InChI=1S/C23H33N3OSi/c1-22(2,3)16-23(4,5)17-13-14-21(27-28(6,7)8)20(15-17)26-24-18-11-9-10-12-19(18)25-26/h9-15H,16H2,1-8H3. The average Bonchev–Trinajstić information content (AvgIpc) is 2.95. The van der Waals surface area contributed by atoms with Crippen LogP contribution in [0.15, 0.2) is 42.5 Å². The molecular formula is C23H33N3OSi. The predicted molar refractivity (Wildman–Crippen MR) is 120 cm³/mol. The Hall–Kier alpha value is -2.14. The molecule has 0 amide bonds. The lowest BCUT2D eigenvalue weighted by molar-refractivity contribution is 0.284. The molecule has 0 atom stereocenters. The van der Waals surface area contributed by atoms with E-state index >= 15 is 0 Å². The fourth-order valence-electron chi connectivity index (χ4n) is 3.91. The Bertz CT molecular complexity index is 944. The number of aromatic nitrogens is 3. The Balaban J connectivity index is 2.13. The lowest BCUT2D eigenvalue weighted by Crippen LogP contribution is -2.30. The van der Waals surface area contributed by atoms with Crippen molar-refractivity contribution in [3.63, 3.8) is 0 Å². The number of hydrogen-bond acceptors (Lipinski definition) is 3. The van der Waals surface area contributed by atoms with Crippen molar-refractivity contribution < 1.29 is 4.43 Å². The summed E-state index contributed by atoms with van der Waals surface area (Å²) in [4.78, 5) is 1.73. The third kappa shape index (κ3) is 4.82. The van der Waals surface area contributed by atoms with Gasteiger partial charge < -0.3 is 4.43 Å². The maximum atomic E-state index is 6.39. The van der Waals surface area contributed by atoms with Crippen LogP contribution in [0.2, 0.25) is 19.6 Å². The molecular weight excluding hydrogens is 362 g/mol. The number of nitrogens with zero attached hydrogens (tertiary/aromatic N) is 3. The minimum atomic E-state index is -1.77. The lowest BCUT2D eigenvalue weighted by atomic mass is 9.72. The van der Waals surface area contributed by atoms with Gasteiger partial charge in [-0.3, -0.25) is 0 Å². The van der Waals surface area contributed by atoms with Crippen molar-refractivity contribution in [1.29, 1.82) is 0 Å². The topological polar surface area (TPSA) is 39.9 Å². The molecule has 0 saturated heterocycles. The second-order valence-corrected chi connectivity index (χ2v) is 14.9. The summed E-state index contributed by atoms with van der Waals surface area (Å²) in [6.45, 7) is 18.1. The highest BCUT2D eigenvalue weighted by Gasteiger charge is 2.29. The van der Waals surface area contributed by atoms with Gasteiger partial charge in [-0.05, 0) is 66.7 Å². The third-order valence-corrected chi connectivity index (χ3v) is 5.46. The van der Waals surface area contributed by atoms with Gasteiger partial charge in [-0.15, -0.1) is 15.0 Å². The molecule has 3 aromatic rings. The summed E-state index contributed by atoms with van der Waals surface area (Å²) in [7, 11) is -1.77. The fraction of sp³-hybridized carbons (Fsp3) is 0.478. The molecule has 4 nitrogen and oxygen atoms in total. The van der Waals surface area contributed by atoms with E-state index < -0.39 is 8.32 Å². The van der Waals surface area contributed by atoms with Crippen LogP contribution < -0.4 is 4.43 Å². The van der Waals surface area contributed by atoms with E-state index in [1.54, 1.807) is 4.80 Å². The molecule has 5 heteroatoms. The van der Waals surface area contributed by atoms with Crippen LogP contribution in [0.3, 0.4) is 0 Å². The van der Waals surface area contributed by atoms with E-state index in [0.717, 1.165) is 28.9 Å². The number of rotatable bonds is 5. The number of hydrogen-bond donors (Lipinski definition) is 0. The van der Waals surface area contributed by atoms with E-state index in [1.165, 1.54) is 5.56 Å². The highest BCUT2D eigenvalue weighted by molar-refractivity contribution is 6.70. The molecule has 1 heterocycles. The summed E-state index contributed by atoms with van der Waals surface area (Å²) in [6.07, 6.45) is 1.09. The van der Waals surface area contributed by atoms with Crippen molar-refractivity contribution in [2.24, 2.45) is 5.41 Å². The molecule has 150 valence electrons. The summed E-state index contributed by atoms with van der Waals surface area (Å²) in [5, 5.41) is 9.42.